The van der Waals surface area contributed by atoms with Crippen LogP contribution >= 0.6 is 0 Å². The largest absolute Gasteiger partial charge is 0.480 e. The predicted octanol–water partition coefficient (Wildman–Crippen LogP) is 2.96. The van der Waals surface area contributed by atoms with Gasteiger partial charge in [0.2, 0.25) is 0 Å². The molecule has 2 N–H and O–H groups in total. The van der Waals surface area contributed by atoms with Gasteiger partial charge in [-0.25, -0.2) is 9.18 Å². The average molecular weight is 281 g/mol. The minimum absolute atomic E-state index is 0.0815. The van der Waals surface area contributed by atoms with Crippen LogP contribution in [0, 0.1) is 12.7 Å². The number of hydrogen-bond acceptors (Lipinski definition) is 3. The molecule has 2 unspecified atom stereocenters. The number of aryl methyl sites for hydroxylation is 1. The molecule has 1 aliphatic heterocycles. The molecular formula is C15H20FNO3. The molecule has 1 heterocycles. The summed E-state index contributed by atoms with van der Waals surface area (Å²) in [7, 11) is 0. The lowest BCUT2D eigenvalue weighted by atomic mass is 9.85. The van der Waals surface area contributed by atoms with E-state index >= 15 is 0 Å². The highest BCUT2D eigenvalue weighted by Gasteiger charge is 2.43. The first-order chi connectivity index (χ1) is 9.45. The molecule has 1 aromatic rings. The van der Waals surface area contributed by atoms with Crippen LogP contribution in [0.1, 0.15) is 31.7 Å². The standard InChI is InChI=1S/C15H20FNO3/c1-3-13-9-15(14(18)19,4-5-20-13)17-12-7-10(2)6-11(16)8-12/h6-8,13,17H,3-5,9H2,1-2H3,(H,18,19). The van der Waals surface area contributed by atoms with Gasteiger partial charge in [-0.1, -0.05) is 6.92 Å². The van der Waals surface area contributed by atoms with E-state index in [2.05, 4.69) is 5.32 Å². The zero-order valence-electron chi connectivity index (χ0n) is 11.8. The number of carbonyl (C=O) groups is 1. The molecule has 20 heavy (non-hydrogen) atoms. The van der Waals surface area contributed by atoms with Crippen LogP contribution < -0.4 is 5.32 Å². The lowest BCUT2D eigenvalue weighted by molar-refractivity contribution is -0.148. The Balaban J connectivity index is 2.27. The number of hydrogen-bond donors (Lipinski definition) is 2. The highest BCUT2D eigenvalue weighted by atomic mass is 19.1. The molecule has 2 rings (SSSR count). The molecule has 2 atom stereocenters. The molecule has 4 nitrogen and oxygen atoms in total. The Morgan fingerprint density at radius 3 is 2.90 bits per heavy atom. The van der Waals surface area contributed by atoms with Crippen molar-refractivity contribution in [1.82, 2.24) is 0 Å². The van der Waals surface area contributed by atoms with Gasteiger partial charge >= 0.3 is 5.97 Å². The first-order valence-corrected chi connectivity index (χ1v) is 6.85. The van der Waals surface area contributed by atoms with Gasteiger partial charge in [0, 0.05) is 25.1 Å². The normalized spacial score (nSPS) is 26.2. The lowest BCUT2D eigenvalue weighted by Crippen LogP contribution is -2.52. The second-order valence-corrected chi connectivity index (χ2v) is 5.38. The Morgan fingerprint density at radius 2 is 2.30 bits per heavy atom. The Kier molecular flexibility index (Phi) is 4.28. The maximum Gasteiger partial charge on any atom is 0.329 e. The second kappa shape index (κ2) is 5.79. The SMILES string of the molecule is CCC1CC(Nc2cc(C)cc(F)c2)(C(=O)O)CCO1. The number of anilines is 1. The van der Waals surface area contributed by atoms with E-state index in [0.717, 1.165) is 12.0 Å². The van der Waals surface area contributed by atoms with E-state index in [1.54, 1.807) is 13.0 Å². The van der Waals surface area contributed by atoms with Crippen LogP contribution in [0.25, 0.3) is 0 Å². The molecular weight excluding hydrogens is 261 g/mol. The topological polar surface area (TPSA) is 58.6 Å². The van der Waals surface area contributed by atoms with Crippen LogP contribution in [0.5, 0.6) is 0 Å². The Bertz CT molecular complexity index is 486. The molecule has 0 bridgehead atoms. The summed E-state index contributed by atoms with van der Waals surface area (Å²) in [6, 6.07) is 4.50. The van der Waals surface area contributed by atoms with Crippen molar-refractivity contribution >= 4 is 11.7 Å². The third-order valence-corrected chi connectivity index (χ3v) is 3.75. The van der Waals surface area contributed by atoms with E-state index in [-0.39, 0.29) is 11.9 Å². The molecule has 1 aliphatic rings. The molecule has 5 heteroatoms. The number of carboxylic acid groups (broad SMARTS) is 1. The Morgan fingerprint density at radius 1 is 1.55 bits per heavy atom. The molecule has 0 saturated carbocycles. The second-order valence-electron chi connectivity index (χ2n) is 5.38. The van der Waals surface area contributed by atoms with Gasteiger partial charge in [0.15, 0.2) is 0 Å². The van der Waals surface area contributed by atoms with Gasteiger partial charge < -0.3 is 15.2 Å². The zero-order valence-corrected chi connectivity index (χ0v) is 11.8. The molecule has 0 aromatic heterocycles. The average Bonchev–Trinajstić information content (AvgIpc) is 2.37. The number of halogens is 1. The van der Waals surface area contributed by atoms with Crippen molar-refractivity contribution in [3.8, 4) is 0 Å². The molecule has 1 fully saturated rings. The van der Waals surface area contributed by atoms with Crippen LogP contribution in [0.4, 0.5) is 10.1 Å². The van der Waals surface area contributed by atoms with Crippen molar-refractivity contribution in [2.75, 3.05) is 11.9 Å². The molecule has 1 saturated heterocycles. The fourth-order valence-electron chi connectivity index (χ4n) is 2.66. The fraction of sp³-hybridized carbons (Fsp3) is 0.533. The highest BCUT2D eigenvalue weighted by molar-refractivity contribution is 5.83. The number of nitrogens with one attached hydrogen (secondary N) is 1. The molecule has 0 aliphatic carbocycles. The van der Waals surface area contributed by atoms with E-state index in [1.807, 2.05) is 6.92 Å². The van der Waals surface area contributed by atoms with E-state index in [4.69, 9.17) is 4.74 Å². The van der Waals surface area contributed by atoms with Gasteiger partial charge in [0.05, 0.1) is 6.10 Å². The number of aliphatic carboxylic acids is 1. The zero-order chi connectivity index (χ0) is 14.8. The summed E-state index contributed by atoms with van der Waals surface area (Å²) in [5, 5.41) is 12.6. The van der Waals surface area contributed by atoms with Crippen molar-refractivity contribution in [2.45, 2.75) is 44.8 Å². The van der Waals surface area contributed by atoms with Crippen LogP contribution in [-0.4, -0.2) is 29.3 Å². The molecule has 1 aromatic carbocycles. The first-order valence-electron chi connectivity index (χ1n) is 6.85. The van der Waals surface area contributed by atoms with Gasteiger partial charge in [0.1, 0.15) is 11.4 Å². The first kappa shape index (κ1) is 14.8. The summed E-state index contributed by atoms with van der Waals surface area (Å²) < 4.78 is 19.0. The van der Waals surface area contributed by atoms with Crippen LogP contribution in [-0.2, 0) is 9.53 Å². The maximum absolute atomic E-state index is 13.4. The van der Waals surface area contributed by atoms with Crippen LogP contribution in [0.15, 0.2) is 18.2 Å². The smallest absolute Gasteiger partial charge is 0.329 e. The van der Waals surface area contributed by atoms with Crippen molar-refractivity contribution in [3.63, 3.8) is 0 Å². The maximum atomic E-state index is 13.4. The van der Waals surface area contributed by atoms with E-state index in [0.29, 0.717) is 25.1 Å². The van der Waals surface area contributed by atoms with Gasteiger partial charge in [-0.15, -0.1) is 0 Å². The van der Waals surface area contributed by atoms with E-state index < -0.39 is 11.5 Å². The summed E-state index contributed by atoms with van der Waals surface area (Å²) in [6.45, 7) is 4.14. The van der Waals surface area contributed by atoms with E-state index in [1.165, 1.54) is 12.1 Å². The van der Waals surface area contributed by atoms with Crippen molar-refractivity contribution < 1.29 is 19.0 Å². The third-order valence-electron chi connectivity index (χ3n) is 3.75. The Hall–Kier alpha value is -1.62. The molecule has 0 amide bonds. The van der Waals surface area contributed by atoms with Crippen LogP contribution in [0.3, 0.4) is 0 Å². The van der Waals surface area contributed by atoms with Crippen LogP contribution in [0.2, 0.25) is 0 Å². The van der Waals surface area contributed by atoms with Crippen molar-refractivity contribution in [3.05, 3.63) is 29.6 Å². The summed E-state index contributed by atoms with van der Waals surface area (Å²) in [6.07, 6.45) is 1.43. The third kappa shape index (κ3) is 3.10. The predicted molar refractivity (Wildman–Crippen MR) is 74.4 cm³/mol. The molecule has 0 spiro atoms. The highest BCUT2D eigenvalue weighted by Crippen LogP contribution is 2.31. The van der Waals surface area contributed by atoms with E-state index in [9.17, 15) is 14.3 Å². The monoisotopic (exact) mass is 281 g/mol. The van der Waals surface area contributed by atoms with Gasteiger partial charge in [0.25, 0.3) is 0 Å². The van der Waals surface area contributed by atoms with Gasteiger partial charge in [-0.3, -0.25) is 0 Å². The quantitative estimate of drug-likeness (QED) is 0.891. The minimum atomic E-state index is -1.08. The molecule has 110 valence electrons. The van der Waals surface area contributed by atoms with Crippen molar-refractivity contribution in [2.24, 2.45) is 0 Å². The number of carboxylic acids is 1. The van der Waals surface area contributed by atoms with Gasteiger partial charge in [-0.05, 0) is 37.1 Å². The number of ether oxygens (including phenoxy) is 1. The number of benzene rings is 1. The lowest BCUT2D eigenvalue weighted by Gasteiger charge is -2.38. The molecule has 0 radical (unpaired) electrons. The summed E-state index contributed by atoms with van der Waals surface area (Å²) in [4.78, 5) is 11.7. The summed E-state index contributed by atoms with van der Waals surface area (Å²) in [5.41, 5.74) is 0.174. The Labute approximate surface area is 117 Å². The summed E-state index contributed by atoms with van der Waals surface area (Å²) in [5.74, 6) is -1.28. The number of rotatable bonds is 4. The summed E-state index contributed by atoms with van der Waals surface area (Å²) >= 11 is 0. The minimum Gasteiger partial charge on any atom is -0.480 e. The fourth-order valence-corrected chi connectivity index (χ4v) is 2.66. The van der Waals surface area contributed by atoms with Gasteiger partial charge in [-0.2, -0.15) is 0 Å². The van der Waals surface area contributed by atoms with Crippen molar-refractivity contribution in [1.29, 1.82) is 0 Å².